The first kappa shape index (κ1) is 12.1. The van der Waals surface area contributed by atoms with Gasteiger partial charge in [0, 0.05) is 19.8 Å². The van der Waals surface area contributed by atoms with Crippen molar-refractivity contribution < 1.29 is 4.74 Å². The van der Waals surface area contributed by atoms with Crippen LogP contribution in [0.4, 0.5) is 5.82 Å². The van der Waals surface area contributed by atoms with Gasteiger partial charge in [-0.15, -0.1) is 0 Å². The number of nitrogens with zero attached hydrogens (tertiary/aromatic N) is 3. The third-order valence-corrected chi connectivity index (χ3v) is 2.57. The molecule has 1 atom stereocenters. The van der Waals surface area contributed by atoms with Gasteiger partial charge in [-0.05, 0) is 24.9 Å². The summed E-state index contributed by atoms with van der Waals surface area (Å²) in [6, 6.07) is 0.229. The van der Waals surface area contributed by atoms with E-state index < -0.39 is 0 Å². The Kier molecular flexibility index (Phi) is 3.75. The van der Waals surface area contributed by atoms with Crippen LogP contribution in [-0.2, 0) is 4.74 Å². The van der Waals surface area contributed by atoms with E-state index in [2.05, 4.69) is 32.2 Å². The summed E-state index contributed by atoms with van der Waals surface area (Å²) in [6.07, 6.45) is 2.45. The van der Waals surface area contributed by atoms with Gasteiger partial charge in [0.05, 0.1) is 6.33 Å². The van der Waals surface area contributed by atoms with Crippen molar-refractivity contribution in [1.29, 1.82) is 0 Å². The standard InChI is InChI=1S/C10H14ClN5O/c1-6(3-4-17-2)14-9-7-8(13-5-12-7)15-10(11)16-9/h5-6H,3-4H2,1-2H3,(H2,12,13,14,15,16). The van der Waals surface area contributed by atoms with Gasteiger partial charge in [0.1, 0.15) is 5.52 Å². The van der Waals surface area contributed by atoms with E-state index in [4.69, 9.17) is 16.3 Å². The van der Waals surface area contributed by atoms with Crippen LogP contribution in [0.3, 0.4) is 0 Å². The molecule has 0 saturated carbocycles. The highest BCUT2D eigenvalue weighted by molar-refractivity contribution is 6.28. The molecule has 6 nitrogen and oxygen atoms in total. The average molecular weight is 256 g/mol. The molecule has 0 aliphatic carbocycles. The molecule has 0 aliphatic heterocycles. The number of ether oxygens (including phenoxy) is 1. The fourth-order valence-electron chi connectivity index (χ4n) is 1.51. The third kappa shape index (κ3) is 2.83. The number of hydrogen-bond donors (Lipinski definition) is 2. The van der Waals surface area contributed by atoms with Crippen LogP contribution in [0.15, 0.2) is 6.33 Å². The van der Waals surface area contributed by atoms with Gasteiger partial charge in [-0.2, -0.15) is 9.97 Å². The number of fused-ring (bicyclic) bond motifs is 1. The lowest BCUT2D eigenvalue weighted by Crippen LogP contribution is -2.18. The molecule has 0 aliphatic rings. The highest BCUT2D eigenvalue weighted by Crippen LogP contribution is 2.19. The zero-order valence-electron chi connectivity index (χ0n) is 9.70. The lowest BCUT2D eigenvalue weighted by atomic mass is 10.2. The second-order valence-corrected chi connectivity index (χ2v) is 4.11. The minimum absolute atomic E-state index is 0.186. The second-order valence-electron chi connectivity index (χ2n) is 3.77. The molecule has 0 bridgehead atoms. The fraction of sp³-hybridized carbons (Fsp3) is 0.500. The number of imidazole rings is 1. The van der Waals surface area contributed by atoms with Crippen molar-refractivity contribution in [3.8, 4) is 0 Å². The summed E-state index contributed by atoms with van der Waals surface area (Å²) in [5.74, 6) is 0.668. The topological polar surface area (TPSA) is 75.7 Å². The van der Waals surface area contributed by atoms with E-state index in [1.165, 1.54) is 0 Å². The molecule has 2 N–H and O–H groups in total. The van der Waals surface area contributed by atoms with Crippen molar-refractivity contribution in [2.45, 2.75) is 19.4 Å². The van der Waals surface area contributed by atoms with Gasteiger partial charge in [-0.1, -0.05) is 0 Å². The normalized spacial score (nSPS) is 12.9. The summed E-state index contributed by atoms with van der Waals surface area (Å²) in [6.45, 7) is 2.75. The number of halogens is 1. The highest BCUT2D eigenvalue weighted by Gasteiger charge is 2.11. The summed E-state index contributed by atoms with van der Waals surface area (Å²) in [5.41, 5.74) is 1.32. The van der Waals surface area contributed by atoms with Gasteiger partial charge in [-0.25, -0.2) is 4.98 Å². The molecule has 2 aromatic heterocycles. The number of aromatic amines is 1. The number of anilines is 1. The molecule has 0 spiro atoms. The Morgan fingerprint density at radius 3 is 3.12 bits per heavy atom. The molecule has 2 aromatic rings. The van der Waals surface area contributed by atoms with E-state index in [1.54, 1.807) is 13.4 Å². The predicted molar refractivity (Wildman–Crippen MR) is 66.3 cm³/mol. The van der Waals surface area contributed by atoms with Crippen LogP contribution in [0.5, 0.6) is 0 Å². The fourth-order valence-corrected chi connectivity index (χ4v) is 1.68. The van der Waals surface area contributed by atoms with Crippen molar-refractivity contribution in [3.63, 3.8) is 0 Å². The van der Waals surface area contributed by atoms with Crippen LogP contribution in [0.25, 0.3) is 11.2 Å². The van der Waals surface area contributed by atoms with Crippen LogP contribution in [0.2, 0.25) is 5.28 Å². The van der Waals surface area contributed by atoms with Crippen LogP contribution in [0.1, 0.15) is 13.3 Å². The summed E-state index contributed by atoms with van der Waals surface area (Å²) in [4.78, 5) is 15.2. The Balaban J connectivity index is 2.19. The molecule has 0 saturated heterocycles. The lowest BCUT2D eigenvalue weighted by Gasteiger charge is -2.14. The van der Waals surface area contributed by atoms with Crippen molar-refractivity contribution in [3.05, 3.63) is 11.6 Å². The Labute approximate surface area is 104 Å². The number of hydrogen-bond acceptors (Lipinski definition) is 5. The van der Waals surface area contributed by atoms with Gasteiger partial charge >= 0.3 is 0 Å². The first-order chi connectivity index (χ1) is 8.20. The zero-order chi connectivity index (χ0) is 12.3. The van der Waals surface area contributed by atoms with Gasteiger partial charge < -0.3 is 15.0 Å². The Hall–Kier alpha value is -1.40. The van der Waals surface area contributed by atoms with E-state index in [0.29, 0.717) is 18.1 Å². The molecule has 0 fully saturated rings. The Bertz CT molecular complexity index is 500. The molecule has 2 rings (SSSR count). The third-order valence-electron chi connectivity index (χ3n) is 2.40. The summed E-state index contributed by atoms with van der Waals surface area (Å²) >= 11 is 5.83. The number of nitrogens with one attached hydrogen (secondary N) is 2. The molecule has 1 unspecified atom stereocenters. The maximum atomic E-state index is 5.83. The Morgan fingerprint density at radius 2 is 2.35 bits per heavy atom. The van der Waals surface area contributed by atoms with Crippen LogP contribution in [-0.4, -0.2) is 39.7 Å². The van der Waals surface area contributed by atoms with Crippen LogP contribution < -0.4 is 5.32 Å². The number of H-pyrrole nitrogens is 1. The van der Waals surface area contributed by atoms with Gasteiger partial charge in [0.25, 0.3) is 0 Å². The first-order valence-corrected chi connectivity index (χ1v) is 5.70. The molecule has 92 valence electrons. The number of rotatable bonds is 5. The first-order valence-electron chi connectivity index (χ1n) is 5.33. The summed E-state index contributed by atoms with van der Waals surface area (Å²) in [5, 5.41) is 3.45. The van der Waals surface area contributed by atoms with Gasteiger partial charge in [0.2, 0.25) is 5.28 Å². The monoisotopic (exact) mass is 255 g/mol. The lowest BCUT2D eigenvalue weighted by molar-refractivity contribution is 0.191. The smallest absolute Gasteiger partial charge is 0.226 e. The van der Waals surface area contributed by atoms with Crippen LogP contribution >= 0.6 is 11.6 Å². The van der Waals surface area contributed by atoms with Crippen molar-refractivity contribution in [1.82, 2.24) is 19.9 Å². The van der Waals surface area contributed by atoms with E-state index >= 15 is 0 Å². The number of methoxy groups -OCH3 is 1. The van der Waals surface area contributed by atoms with Gasteiger partial charge in [-0.3, -0.25) is 0 Å². The summed E-state index contributed by atoms with van der Waals surface area (Å²) in [7, 11) is 1.68. The quantitative estimate of drug-likeness (QED) is 0.798. The minimum Gasteiger partial charge on any atom is -0.385 e. The van der Waals surface area contributed by atoms with E-state index in [9.17, 15) is 0 Å². The molecule has 7 heteroatoms. The average Bonchev–Trinajstić information content (AvgIpc) is 2.74. The van der Waals surface area contributed by atoms with E-state index in [0.717, 1.165) is 11.9 Å². The maximum absolute atomic E-state index is 5.83. The molecule has 0 aromatic carbocycles. The maximum Gasteiger partial charge on any atom is 0.226 e. The van der Waals surface area contributed by atoms with Crippen molar-refractivity contribution >= 4 is 28.6 Å². The molecule has 0 amide bonds. The highest BCUT2D eigenvalue weighted by atomic mass is 35.5. The molecular formula is C10H14ClN5O. The number of aromatic nitrogens is 4. The largest absolute Gasteiger partial charge is 0.385 e. The van der Waals surface area contributed by atoms with E-state index in [1.807, 2.05) is 0 Å². The molecule has 2 heterocycles. The molecular weight excluding hydrogens is 242 g/mol. The van der Waals surface area contributed by atoms with E-state index in [-0.39, 0.29) is 11.3 Å². The zero-order valence-corrected chi connectivity index (χ0v) is 10.5. The molecule has 17 heavy (non-hydrogen) atoms. The van der Waals surface area contributed by atoms with Crippen molar-refractivity contribution in [2.24, 2.45) is 0 Å². The van der Waals surface area contributed by atoms with Gasteiger partial charge in [0.15, 0.2) is 11.5 Å². The predicted octanol–water partition coefficient (Wildman–Crippen LogP) is 1.84. The SMILES string of the molecule is COCCC(C)Nc1nc(Cl)nc2nc[nH]c12. The second kappa shape index (κ2) is 5.29. The molecule has 0 radical (unpaired) electrons. The minimum atomic E-state index is 0.186. The summed E-state index contributed by atoms with van der Waals surface area (Å²) < 4.78 is 5.03. The Morgan fingerprint density at radius 1 is 1.53 bits per heavy atom. The van der Waals surface area contributed by atoms with Crippen LogP contribution in [0, 0.1) is 0 Å². The van der Waals surface area contributed by atoms with Crippen molar-refractivity contribution in [2.75, 3.05) is 19.0 Å².